The third kappa shape index (κ3) is 3.42. The fourth-order valence-electron chi connectivity index (χ4n) is 1.44. The number of sulfonamides is 1. The highest BCUT2D eigenvalue weighted by atomic mass is 32.2. The smallest absolute Gasteiger partial charge is 0.200 e. The minimum atomic E-state index is -3.60. The van der Waals surface area contributed by atoms with E-state index >= 15 is 0 Å². The van der Waals surface area contributed by atoms with E-state index in [1.807, 2.05) is 24.4 Å². The lowest BCUT2D eigenvalue weighted by Crippen LogP contribution is -2.19. The van der Waals surface area contributed by atoms with E-state index in [0.717, 1.165) is 10.4 Å². The van der Waals surface area contributed by atoms with Crippen LogP contribution in [-0.4, -0.2) is 14.1 Å². The lowest BCUT2D eigenvalue weighted by molar-refractivity contribution is 0.584. The van der Waals surface area contributed by atoms with Crippen molar-refractivity contribution in [1.29, 1.82) is 0 Å². The molecule has 0 aliphatic rings. The van der Waals surface area contributed by atoms with Gasteiger partial charge in [-0.05, 0) is 37.4 Å². The molecule has 2 rings (SSSR count). The van der Waals surface area contributed by atoms with E-state index in [1.165, 1.54) is 11.3 Å². The van der Waals surface area contributed by atoms with E-state index in [2.05, 4.69) is 9.93 Å². The van der Waals surface area contributed by atoms with Gasteiger partial charge in [-0.1, -0.05) is 23.8 Å². The molecule has 19 heavy (non-hydrogen) atoms. The number of nitrogens with one attached hydrogen (secondary N) is 1. The van der Waals surface area contributed by atoms with Gasteiger partial charge in [0.05, 0.1) is 15.5 Å². The number of thiophene rings is 1. The Morgan fingerprint density at radius 1 is 1.21 bits per heavy atom. The molecular formula is C13H14N2O2S2. The molecule has 1 aromatic heterocycles. The van der Waals surface area contributed by atoms with Crippen LogP contribution in [0.5, 0.6) is 0 Å². The Bertz CT molecular complexity index is 672. The maximum Gasteiger partial charge on any atom is 0.276 e. The molecule has 0 aliphatic carbocycles. The lowest BCUT2D eigenvalue weighted by Gasteiger charge is -2.04. The molecule has 0 unspecified atom stereocenters. The summed E-state index contributed by atoms with van der Waals surface area (Å²) in [5, 5.41) is 5.85. The van der Waals surface area contributed by atoms with Gasteiger partial charge in [0.25, 0.3) is 10.0 Å². The Morgan fingerprint density at radius 3 is 2.47 bits per heavy atom. The quantitative estimate of drug-likeness (QED) is 0.696. The molecule has 0 radical (unpaired) electrons. The molecule has 0 spiro atoms. The van der Waals surface area contributed by atoms with Gasteiger partial charge in [-0.25, -0.2) is 0 Å². The second-order valence-electron chi connectivity index (χ2n) is 4.08. The van der Waals surface area contributed by atoms with Crippen molar-refractivity contribution in [2.24, 2.45) is 5.10 Å². The van der Waals surface area contributed by atoms with Crippen molar-refractivity contribution < 1.29 is 8.42 Å². The van der Waals surface area contributed by atoms with Gasteiger partial charge >= 0.3 is 0 Å². The predicted molar refractivity (Wildman–Crippen MR) is 78.0 cm³/mol. The molecule has 4 nitrogen and oxygen atoms in total. The van der Waals surface area contributed by atoms with E-state index in [0.29, 0.717) is 5.71 Å². The van der Waals surface area contributed by atoms with Gasteiger partial charge < -0.3 is 0 Å². The minimum Gasteiger partial charge on any atom is -0.200 e. The van der Waals surface area contributed by atoms with Crippen LogP contribution in [0, 0.1) is 6.92 Å². The van der Waals surface area contributed by atoms with Gasteiger partial charge in [0.1, 0.15) is 0 Å². The number of nitrogens with zero attached hydrogens (tertiary/aromatic N) is 1. The second-order valence-corrected chi connectivity index (χ2v) is 6.69. The first-order valence-electron chi connectivity index (χ1n) is 5.66. The number of hydrogen-bond acceptors (Lipinski definition) is 4. The summed E-state index contributed by atoms with van der Waals surface area (Å²) in [7, 11) is -3.60. The molecule has 0 atom stereocenters. The van der Waals surface area contributed by atoms with Gasteiger partial charge in [-0.15, -0.1) is 11.3 Å². The van der Waals surface area contributed by atoms with E-state index in [9.17, 15) is 8.42 Å². The Hall–Kier alpha value is -1.66. The van der Waals surface area contributed by atoms with Crippen LogP contribution in [0.15, 0.2) is 51.8 Å². The number of benzene rings is 1. The van der Waals surface area contributed by atoms with Gasteiger partial charge in [-0.2, -0.15) is 18.4 Å². The number of aryl methyl sites for hydroxylation is 1. The predicted octanol–water partition coefficient (Wildman–Crippen LogP) is 2.76. The van der Waals surface area contributed by atoms with Crippen molar-refractivity contribution in [3.05, 3.63) is 52.2 Å². The number of rotatable bonds is 4. The first kappa shape index (κ1) is 13.8. The van der Waals surface area contributed by atoms with E-state index in [4.69, 9.17) is 0 Å². The monoisotopic (exact) mass is 294 g/mol. The summed E-state index contributed by atoms with van der Waals surface area (Å²) in [5.74, 6) is 0. The van der Waals surface area contributed by atoms with Crippen molar-refractivity contribution in [3.8, 4) is 0 Å². The van der Waals surface area contributed by atoms with Crippen LogP contribution in [0.4, 0.5) is 0 Å². The standard InChI is InChI=1S/C13H14N2O2S2/c1-10-5-7-12(8-6-10)19(16,17)15-14-11(2)13-4-3-9-18-13/h3-9,15H,1-2H3/b14-11-. The zero-order valence-electron chi connectivity index (χ0n) is 10.6. The van der Waals surface area contributed by atoms with E-state index in [1.54, 1.807) is 31.2 Å². The average Bonchev–Trinajstić information content (AvgIpc) is 2.90. The van der Waals surface area contributed by atoms with Crippen LogP contribution < -0.4 is 4.83 Å². The van der Waals surface area contributed by atoms with Crippen molar-refractivity contribution in [3.63, 3.8) is 0 Å². The topological polar surface area (TPSA) is 58.5 Å². The SMILES string of the molecule is C/C(=N/NS(=O)(=O)c1ccc(C)cc1)c1cccs1. The summed E-state index contributed by atoms with van der Waals surface area (Å²) in [6.45, 7) is 3.67. The summed E-state index contributed by atoms with van der Waals surface area (Å²) in [6, 6.07) is 10.4. The summed E-state index contributed by atoms with van der Waals surface area (Å²) in [4.78, 5) is 3.40. The van der Waals surface area contributed by atoms with Crippen molar-refractivity contribution in [2.75, 3.05) is 0 Å². The van der Waals surface area contributed by atoms with E-state index in [-0.39, 0.29) is 4.90 Å². The van der Waals surface area contributed by atoms with Crippen molar-refractivity contribution >= 4 is 27.1 Å². The highest BCUT2D eigenvalue weighted by Gasteiger charge is 2.12. The lowest BCUT2D eigenvalue weighted by atomic mass is 10.2. The van der Waals surface area contributed by atoms with Crippen LogP contribution in [0.1, 0.15) is 17.4 Å². The molecule has 0 aliphatic heterocycles. The van der Waals surface area contributed by atoms with Gasteiger partial charge in [0.15, 0.2) is 0 Å². The molecule has 6 heteroatoms. The van der Waals surface area contributed by atoms with Crippen LogP contribution >= 0.6 is 11.3 Å². The minimum absolute atomic E-state index is 0.209. The Labute approximate surface area is 116 Å². The zero-order valence-corrected chi connectivity index (χ0v) is 12.3. The molecule has 2 aromatic rings. The fourth-order valence-corrected chi connectivity index (χ4v) is 2.97. The summed E-state index contributed by atoms with van der Waals surface area (Å²) < 4.78 is 24.0. The zero-order chi connectivity index (χ0) is 13.9. The normalized spacial score (nSPS) is 12.4. The van der Waals surface area contributed by atoms with Crippen LogP contribution in [0.2, 0.25) is 0 Å². The van der Waals surface area contributed by atoms with Crippen LogP contribution in [0.25, 0.3) is 0 Å². The maximum absolute atomic E-state index is 12.0. The highest BCUT2D eigenvalue weighted by Crippen LogP contribution is 2.12. The number of hydrazone groups is 1. The van der Waals surface area contributed by atoms with Gasteiger partial charge in [0.2, 0.25) is 0 Å². The molecule has 0 amide bonds. The molecule has 0 bridgehead atoms. The first-order chi connectivity index (χ1) is 8.99. The summed E-state index contributed by atoms with van der Waals surface area (Å²) in [5.41, 5.74) is 1.66. The molecule has 100 valence electrons. The van der Waals surface area contributed by atoms with Crippen molar-refractivity contribution in [2.45, 2.75) is 18.7 Å². The molecule has 1 N–H and O–H groups in total. The third-order valence-electron chi connectivity index (χ3n) is 2.54. The Morgan fingerprint density at radius 2 is 1.89 bits per heavy atom. The highest BCUT2D eigenvalue weighted by molar-refractivity contribution is 7.89. The molecule has 0 fully saturated rings. The van der Waals surface area contributed by atoms with Crippen molar-refractivity contribution in [1.82, 2.24) is 4.83 Å². The summed E-state index contributed by atoms with van der Waals surface area (Å²) in [6.07, 6.45) is 0. The average molecular weight is 294 g/mol. The Balaban J connectivity index is 2.18. The fraction of sp³-hybridized carbons (Fsp3) is 0.154. The van der Waals surface area contributed by atoms with Crippen LogP contribution in [0.3, 0.4) is 0 Å². The molecular weight excluding hydrogens is 280 g/mol. The van der Waals surface area contributed by atoms with Gasteiger partial charge in [-0.3, -0.25) is 0 Å². The maximum atomic E-state index is 12.0. The third-order valence-corrected chi connectivity index (χ3v) is 4.75. The molecule has 0 saturated carbocycles. The molecule has 1 heterocycles. The molecule has 0 saturated heterocycles. The molecule has 1 aromatic carbocycles. The largest absolute Gasteiger partial charge is 0.276 e. The second kappa shape index (κ2) is 5.54. The van der Waals surface area contributed by atoms with E-state index < -0.39 is 10.0 Å². The van der Waals surface area contributed by atoms with Gasteiger partial charge in [0, 0.05) is 0 Å². The van der Waals surface area contributed by atoms with Crippen LogP contribution in [-0.2, 0) is 10.0 Å². The first-order valence-corrected chi connectivity index (χ1v) is 8.02. The Kier molecular flexibility index (Phi) is 4.01. The number of hydrogen-bond donors (Lipinski definition) is 1. The summed E-state index contributed by atoms with van der Waals surface area (Å²) >= 11 is 1.51.